The van der Waals surface area contributed by atoms with Crippen LogP contribution in [0.25, 0.3) is 285 Å². The molecule has 0 N–H and O–H groups in total. The van der Waals surface area contributed by atoms with Crippen LogP contribution in [-0.4, -0.2) is 39.0 Å². The number of nitrogens with zero attached hydrogens (tertiary/aromatic N) is 8. The largest absolute Gasteiger partial charge is 0.456 e. The van der Waals surface area contributed by atoms with E-state index < -0.39 is 0 Å². The highest BCUT2D eigenvalue weighted by atomic mass is 32.1. The molecule has 28 aromatic rings. The third kappa shape index (κ3) is 10.7. The SMILES string of the molecule is c1ccc(-c2cccc(-c3nc(-c4ccc5oc6ccccc6c5c4)nc(-c4c(-n5c6cc7ccccc7cc6c6cc7c(-c8ccc9c(c8)oc8ccc(-n%10c%11cc%12ccccc%12cc%11c%11c%12ccccc%12ccc%11%10)c(-c%10nc(-c%11cccc%12ccccc%11%12)nc(-c%11cccc%12c%11sc%11ccccc%11%12)n%10)c89)cccc7cc65)ccc5oc6ccccc6c45)n3)c2)cc1. The van der Waals surface area contributed by atoms with E-state index in [0.29, 0.717) is 51.7 Å². The van der Waals surface area contributed by atoms with Gasteiger partial charge in [-0.05, 0) is 204 Å². The van der Waals surface area contributed by atoms with Crippen LogP contribution >= 0.6 is 11.3 Å². The van der Waals surface area contributed by atoms with Gasteiger partial charge in [0.25, 0.3) is 0 Å². The summed E-state index contributed by atoms with van der Waals surface area (Å²) in [5.41, 5.74) is 19.6. The van der Waals surface area contributed by atoms with E-state index in [-0.39, 0.29) is 0 Å². The Bertz CT molecular complexity index is 9710. The van der Waals surface area contributed by atoms with Crippen molar-refractivity contribution in [3.63, 3.8) is 0 Å². The molecule has 0 amide bonds. The normalized spacial score (nSPS) is 12.2. The second kappa shape index (κ2) is 27.2. The van der Waals surface area contributed by atoms with E-state index in [0.717, 1.165) is 213 Å². The molecule has 0 saturated heterocycles. The minimum atomic E-state index is 0.487. The van der Waals surface area contributed by atoms with E-state index in [1.54, 1.807) is 11.3 Å². The predicted octanol–water partition coefficient (Wildman–Crippen LogP) is 31.4. The third-order valence-corrected chi connectivity index (χ3v) is 27.6. The summed E-state index contributed by atoms with van der Waals surface area (Å²) in [5.74, 6) is 3.17. The molecule has 11 nitrogen and oxygen atoms in total. The van der Waals surface area contributed by atoms with Gasteiger partial charge in [-0.2, -0.15) is 0 Å². The number of rotatable bonds is 10. The molecule has 0 aliphatic rings. The lowest BCUT2D eigenvalue weighted by Crippen LogP contribution is -2.04. The molecule has 0 bridgehead atoms. The zero-order chi connectivity index (χ0) is 83.5. The Kier molecular flexibility index (Phi) is 15.0. The molecule has 8 heterocycles. The van der Waals surface area contributed by atoms with Crippen molar-refractivity contribution in [1.29, 1.82) is 0 Å². The molecule has 0 saturated carbocycles. The van der Waals surface area contributed by atoms with Crippen molar-refractivity contribution < 1.29 is 13.3 Å². The van der Waals surface area contributed by atoms with Crippen molar-refractivity contribution in [2.45, 2.75) is 0 Å². The molecular weight excluding hydrogens is 1590 g/mol. The van der Waals surface area contributed by atoms with Gasteiger partial charge >= 0.3 is 0 Å². The van der Waals surface area contributed by atoms with Crippen molar-refractivity contribution in [2.75, 3.05) is 0 Å². The zero-order valence-electron chi connectivity index (χ0n) is 68.2. The fourth-order valence-electron chi connectivity index (χ4n) is 20.5. The summed E-state index contributed by atoms with van der Waals surface area (Å²) < 4.78 is 28.0. The second-order valence-corrected chi connectivity index (χ2v) is 34.5. The summed E-state index contributed by atoms with van der Waals surface area (Å²) in [7, 11) is 0. The summed E-state index contributed by atoms with van der Waals surface area (Å²) in [5, 5.41) is 23.5. The molecule has 20 aromatic carbocycles. The minimum Gasteiger partial charge on any atom is -0.456 e. The van der Waals surface area contributed by atoms with Crippen LogP contribution in [0.3, 0.4) is 0 Å². The summed E-state index contributed by atoms with van der Waals surface area (Å²) >= 11 is 1.77. The van der Waals surface area contributed by atoms with Gasteiger partial charge in [0, 0.05) is 96.3 Å². The van der Waals surface area contributed by atoms with Gasteiger partial charge in [0.15, 0.2) is 34.9 Å². The van der Waals surface area contributed by atoms with Crippen LogP contribution in [-0.2, 0) is 0 Å². The summed E-state index contributed by atoms with van der Waals surface area (Å²) in [4.78, 5) is 34.2. The van der Waals surface area contributed by atoms with E-state index in [9.17, 15) is 0 Å². The molecule has 0 aliphatic carbocycles. The predicted molar refractivity (Wildman–Crippen MR) is 528 cm³/mol. The Labute approximate surface area is 732 Å². The number of fused-ring (bicyclic) bond motifs is 24. The molecule has 0 spiro atoms. The molecule has 0 radical (unpaired) electrons. The van der Waals surface area contributed by atoms with Gasteiger partial charge in [0.05, 0.1) is 44.6 Å². The summed E-state index contributed by atoms with van der Waals surface area (Å²) in [6, 6.07) is 139. The van der Waals surface area contributed by atoms with Crippen LogP contribution in [0.1, 0.15) is 0 Å². The summed E-state index contributed by atoms with van der Waals surface area (Å²) in [6.45, 7) is 0. The fourth-order valence-corrected chi connectivity index (χ4v) is 21.7. The van der Waals surface area contributed by atoms with Crippen molar-refractivity contribution in [3.8, 4) is 102 Å². The Morgan fingerprint density at radius 3 is 1.41 bits per heavy atom. The maximum Gasteiger partial charge on any atom is 0.166 e. The Morgan fingerprint density at radius 1 is 0.195 bits per heavy atom. The van der Waals surface area contributed by atoms with Gasteiger partial charge in [0.1, 0.15) is 33.5 Å². The van der Waals surface area contributed by atoms with Gasteiger partial charge in [-0.1, -0.05) is 261 Å². The molecule has 592 valence electrons. The summed E-state index contributed by atoms with van der Waals surface area (Å²) in [6.07, 6.45) is 0. The van der Waals surface area contributed by atoms with Crippen LogP contribution in [0.2, 0.25) is 0 Å². The van der Waals surface area contributed by atoms with Crippen molar-refractivity contribution >= 4 is 195 Å². The number of para-hydroxylation sites is 2. The lowest BCUT2D eigenvalue weighted by molar-refractivity contribution is 0.668. The number of furan rings is 3. The highest BCUT2D eigenvalue weighted by Crippen LogP contribution is 2.51. The maximum atomic E-state index is 7.46. The van der Waals surface area contributed by atoms with Crippen LogP contribution < -0.4 is 0 Å². The number of hydrogen-bond acceptors (Lipinski definition) is 10. The van der Waals surface area contributed by atoms with Gasteiger partial charge < -0.3 is 22.4 Å². The standard InChI is InChI=1S/C116H64N8O3S/c1-2-22-65(23-3-1)68-31-18-33-75(56-68)111-117-112(76-48-53-100-90(59-76)80-36-12-15-43-98(80)125-100)119-115(118-111)109-94(52-54-101-106(109)84-38-13-16-44-99(84)126-101)124-95-60-71-28-6-4-26-69(71)57-88(95)89-64-87-73(62-96(89)124)32-20-39-78(87)74-46-49-85-103(63-74)127-102-55-51-93(123-92-50-47-67-25-9-11-35-79(67)105(92)91-58-70-27-5-7-29-72(70)61-97(91)123)108(107(85)102)116-121-113(83-41-19-30-66-24-8-10-34-77(66)83)120-114(122-116)86-42-21-40-82-81-37-14-17-45-104(81)128-110(82)86/h1-64H. The van der Waals surface area contributed by atoms with Crippen molar-refractivity contribution in [1.82, 2.24) is 39.0 Å². The van der Waals surface area contributed by atoms with E-state index in [2.05, 4.69) is 355 Å². The molecule has 0 fully saturated rings. The third-order valence-electron chi connectivity index (χ3n) is 26.3. The average molecular weight is 1650 g/mol. The monoisotopic (exact) mass is 1650 g/mol. The number of benzene rings is 20. The Balaban J connectivity index is 0.678. The Morgan fingerprint density at radius 2 is 0.656 bits per heavy atom. The first-order valence-corrected chi connectivity index (χ1v) is 43.9. The topological polar surface area (TPSA) is 127 Å². The van der Waals surface area contributed by atoms with Gasteiger partial charge in [-0.3, -0.25) is 0 Å². The lowest BCUT2D eigenvalue weighted by Gasteiger charge is -2.17. The first-order chi connectivity index (χ1) is 63.4. The average Bonchev–Trinajstić information content (AvgIpc) is 1.56. The lowest BCUT2D eigenvalue weighted by atomic mass is 9.95. The van der Waals surface area contributed by atoms with Gasteiger partial charge in [-0.15, -0.1) is 11.3 Å². The Hall–Kier alpha value is -17.1. The molecule has 0 unspecified atom stereocenters. The molecule has 128 heavy (non-hydrogen) atoms. The maximum absolute atomic E-state index is 7.46. The molecular formula is C116H64N8O3S. The minimum absolute atomic E-state index is 0.487. The number of hydrogen-bond donors (Lipinski definition) is 0. The number of thiophene rings is 1. The van der Waals surface area contributed by atoms with Crippen LogP contribution in [0.5, 0.6) is 0 Å². The molecule has 28 rings (SSSR count). The first-order valence-electron chi connectivity index (χ1n) is 43.1. The van der Waals surface area contributed by atoms with Crippen molar-refractivity contribution in [3.05, 3.63) is 388 Å². The first kappa shape index (κ1) is 70.5. The van der Waals surface area contributed by atoms with Gasteiger partial charge in [0.2, 0.25) is 0 Å². The van der Waals surface area contributed by atoms with E-state index >= 15 is 0 Å². The van der Waals surface area contributed by atoms with Crippen LogP contribution in [0.15, 0.2) is 401 Å². The van der Waals surface area contributed by atoms with E-state index in [1.807, 2.05) is 42.5 Å². The zero-order valence-corrected chi connectivity index (χ0v) is 69.0. The van der Waals surface area contributed by atoms with E-state index in [1.165, 1.54) is 20.9 Å². The highest BCUT2D eigenvalue weighted by molar-refractivity contribution is 7.26. The fraction of sp³-hybridized carbons (Fsp3) is 0. The molecule has 8 aromatic heterocycles. The molecule has 12 heteroatoms. The second-order valence-electron chi connectivity index (χ2n) is 33.4. The molecule has 0 aliphatic heterocycles. The van der Waals surface area contributed by atoms with E-state index in [4.69, 9.17) is 43.2 Å². The van der Waals surface area contributed by atoms with Crippen LogP contribution in [0, 0.1) is 0 Å². The molecule has 0 atom stereocenters. The van der Waals surface area contributed by atoms with Gasteiger partial charge in [-0.25, -0.2) is 29.9 Å². The van der Waals surface area contributed by atoms with Crippen molar-refractivity contribution in [2.24, 2.45) is 0 Å². The highest BCUT2D eigenvalue weighted by Gasteiger charge is 2.31. The quantitative estimate of drug-likeness (QED) is 0.131. The van der Waals surface area contributed by atoms with Crippen LogP contribution in [0.4, 0.5) is 0 Å². The smallest absolute Gasteiger partial charge is 0.166 e. The number of aromatic nitrogens is 8.